The second-order valence-corrected chi connectivity index (χ2v) is 6.87. The lowest BCUT2D eigenvalue weighted by Crippen LogP contribution is -2.30. The molecule has 2 aromatic carbocycles. The van der Waals surface area contributed by atoms with Gasteiger partial charge in [0.1, 0.15) is 0 Å². The van der Waals surface area contributed by atoms with E-state index in [0.717, 1.165) is 22.2 Å². The normalized spacial score (nSPS) is 14.2. The molecular formula is C19H16N2O5S. The molecule has 0 atom stereocenters. The van der Waals surface area contributed by atoms with E-state index in [-0.39, 0.29) is 35.1 Å². The van der Waals surface area contributed by atoms with Gasteiger partial charge in [-0.3, -0.25) is 24.6 Å². The molecule has 0 spiro atoms. The molecule has 27 heavy (non-hydrogen) atoms. The van der Waals surface area contributed by atoms with Gasteiger partial charge < -0.3 is 5.11 Å². The van der Waals surface area contributed by atoms with Crippen molar-refractivity contribution in [3.8, 4) is 0 Å². The summed E-state index contributed by atoms with van der Waals surface area (Å²) in [5.74, 6) is -0.599. The number of imide groups is 1. The highest BCUT2D eigenvalue weighted by Crippen LogP contribution is 2.37. The predicted octanol–water partition coefficient (Wildman–Crippen LogP) is 2.60. The monoisotopic (exact) mass is 384 g/mol. The summed E-state index contributed by atoms with van der Waals surface area (Å²) in [6.45, 7) is 0.0000366. The number of amides is 2. The van der Waals surface area contributed by atoms with Gasteiger partial charge in [0.05, 0.1) is 28.6 Å². The Morgan fingerprint density at radius 1 is 1.00 bits per heavy atom. The fourth-order valence-corrected chi connectivity index (χ4v) is 3.63. The molecule has 0 saturated heterocycles. The van der Waals surface area contributed by atoms with Crippen molar-refractivity contribution >= 4 is 34.8 Å². The molecule has 0 unspecified atom stereocenters. The number of rotatable bonds is 7. The van der Waals surface area contributed by atoms with Gasteiger partial charge in [-0.15, -0.1) is 11.8 Å². The van der Waals surface area contributed by atoms with Crippen molar-refractivity contribution < 1.29 is 19.6 Å². The number of nitro groups is 1. The minimum Gasteiger partial charge on any atom is -0.396 e. The van der Waals surface area contributed by atoms with Crippen LogP contribution in [0.2, 0.25) is 0 Å². The molecule has 1 N–H and O–H groups in total. The number of thioether (sulfide) groups is 1. The van der Waals surface area contributed by atoms with Crippen molar-refractivity contribution in [1.82, 2.24) is 4.90 Å². The third kappa shape index (κ3) is 3.91. The Labute approximate surface area is 159 Å². The molecule has 0 aliphatic carbocycles. The third-order valence-electron chi connectivity index (χ3n) is 4.01. The van der Waals surface area contributed by atoms with E-state index in [9.17, 15) is 19.7 Å². The Hall–Kier alpha value is -2.97. The first-order valence-corrected chi connectivity index (χ1v) is 9.14. The summed E-state index contributed by atoms with van der Waals surface area (Å²) in [6.07, 6.45) is 0. The van der Waals surface area contributed by atoms with Crippen molar-refractivity contribution in [1.29, 1.82) is 0 Å². The summed E-state index contributed by atoms with van der Waals surface area (Å²) in [4.78, 5) is 37.5. The Bertz CT molecular complexity index is 909. The highest BCUT2D eigenvalue weighted by molar-refractivity contribution is 8.04. The lowest BCUT2D eigenvalue weighted by Gasteiger charge is -2.15. The number of aliphatic hydroxyl groups excluding tert-OH is 1. The van der Waals surface area contributed by atoms with Crippen LogP contribution in [0, 0.1) is 10.1 Å². The van der Waals surface area contributed by atoms with Crippen molar-refractivity contribution in [2.24, 2.45) is 0 Å². The van der Waals surface area contributed by atoms with E-state index in [1.807, 2.05) is 30.3 Å². The van der Waals surface area contributed by atoms with E-state index in [1.165, 1.54) is 24.3 Å². The lowest BCUT2D eigenvalue weighted by molar-refractivity contribution is -0.384. The average molecular weight is 384 g/mol. The van der Waals surface area contributed by atoms with Crippen LogP contribution in [0.5, 0.6) is 0 Å². The number of hydrogen-bond acceptors (Lipinski definition) is 6. The molecular weight excluding hydrogens is 368 g/mol. The van der Waals surface area contributed by atoms with Crippen LogP contribution in [0.15, 0.2) is 59.5 Å². The number of carbonyl (C=O) groups is 2. The molecule has 1 heterocycles. The van der Waals surface area contributed by atoms with Gasteiger partial charge in [0.25, 0.3) is 17.5 Å². The first kappa shape index (κ1) is 18.8. The van der Waals surface area contributed by atoms with Crippen molar-refractivity contribution in [3.63, 3.8) is 0 Å². The largest absolute Gasteiger partial charge is 0.396 e. The molecule has 1 aliphatic rings. The van der Waals surface area contributed by atoms with E-state index < -0.39 is 16.7 Å². The maximum absolute atomic E-state index is 13.0. The number of non-ortho nitro benzene ring substituents is 1. The van der Waals surface area contributed by atoms with Crippen LogP contribution in [0.25, 0.3) is 5.57 Å². The van der Waals surface area contributed by atoms with Crippen LogP contribution in [-0.2, 0) is 16.1 Å². The Morgan fingerprint density at radius 2 is 1.67 bits per heavy atom. The van der Waals surface area contributed by atoms with Crippen LogP contribution < -0.4 is 0 Å². The SMILES string of the molecule is O=C1C(SCCO)=C(c2ccc([N+](=O)[O-])cc2)C(=O)N1Cc1ccccc1. The topological polar surface area (TPSA) is 101 Å². The number of carbonyl (C=O) groups excluding carboxylic acids is 2. The fraction of sp³-hybridized carbons (Fsp3) is 0.158. The summed E-state index contributed by atoms with van der Waals surface area (Å²) >= 11 is 1.11. The number of hydrogen-bond donors (Lipinski definition) is 1. The summed E-state index contributed by atoms with van der Waals surface area (Å²) in [5.41, 5.74) is 1.37. The van der Waals surface area contributed by atoms with Gasteiger partial charge in [-0.1, -0.05) is 30.3 Å². The molecule has 7 nitrogen and oxygen atoms in total. The molecule has 138 valence electrons. The number of nitrogens with zero attached hydrogens (tertiary/aromatic N) is 2. The van der Waals surface area contributed by atoms with Gasteiger partial charge in [-0.05, 0) is 23.3 Å². The standard InChI is InChI=1S/C19H16N2O5S/c22-10-11-27-17-16(14-6-8-15(9-7-14)21(25)26)18(23)20(19(17)24)12-13-4-2-1-3-5-13/h1-9,22H,10-12H2. The van der Waals surface area contributed by atoms with E-state index in [4.69, 9.17) is 5.11 Å². The second-order valence-electron chi connectivity index (χ2n) is 5.76. The molecule has 0 bridgehead atoms. The van der Waals surface area contributed by atoms with Gasteiger partial charge in [-0.25, -0.2) is 0 Å². The molecule has 2 aromatic rings. The molecule has 0 saturated carbocycles. The van der Waals surface area contributed by atoms with Crippen molar-refractivity contribution in [3.05, 3.63) is 80.7 Å². The van der Waals surface area contributed by atoms with E-state index in [2.05, 4.69) is 0 Å². The highest BCUT2D eigenvalue weighted by atomic mass is 32.2. The number of nitro benzene ring substituents is 1. The van der Waals surface area contributed by atoms with Crippen LogP contribution >= 0.6 is 11.8 Å². The Kier molecular flexibility index (Phi) is 5.68. The molecule has 8 heteroatoms. The minimum absolute atomic E-state index is 0.0955. The minimum atomic E-state index is -0.525. The van der Waals surface area contributed by atoms with Gasteiger partial charge >= 0.3 is 0 Å². The van der Waals surface area contributed by atoms with Gasteiger partial charge in [0.15, 0.2) is 0 Å². The zero-order chi connectivity index (χ0) is 19.4. The molecule has 0 aromatic heterocycles. The van der Waals surface area contributed by atoms with Crippen molar-refractivity contribution in [2.75, 3.05) is 12.4 Å². The molecule has 0 fully saturated rings. The predicted molar refractivity (Wildman–Crippen MR) is 102 cm³/mol. The van der Waals surface area contributed by atoms with E-state index in [1.54, 1.807) is 0 Å². The number of benzene rings is 2. The Morgan fingerprint density at radius 3 is 2.26 bits per heavy atom. The van der Waals surface area contributed by atoms with Gasteiger partial charge in [-0.2, -0.15) is 0 Å². The smallest absolute Gasteiger partial charge is 0.269 e. The zero-order valence-corrected chi connectivity index (χ0v) is 15.0. The van der Waals surface area contributed by atoms with Crippen LogP contribution in [0.3, 0.4) is 0 Å². The highest BCUT2D eigenvalue weighted by Gasteiger charge is 2.39. The molecule has 0 radical (unpaired) electrons. The fourth-order valence-electron chi connectivity index (χ4n) is 2.75. The quantitative estimate of drug-likeness (QED) is 0.447. The van der Waals surface area contributed by atoms with Crippen molar-refractivity contribution in [2.45, 2.75) is 6.54 Å². The maximum atomic E-state index is 13.0. The van der Waals surface area contributed by atoms with E-state index in [0.29, 0.717) is 5.56 Å². The Balaban J connectivity index is 1.96. The van der Waals surface area contributed by atoms with Gasteiger partial charge in [0.2, 0.25) is 0 Å². The zero-order valence-electron chi connectivity index (χ0n) is 14.2. The summed E-state index contributed by atoms with van der Waals surface area (Å²) in [5, 5.41) is 19.9. The summed E-state index contributed by atoms with van der Waals surface area (Å²) in [7, 11) is 0. The first-order valence-electron chi connectivity index (χ1n) is 8.16. The summed E-state index contributed by atoms with van der Waals surface area (Å²) < 4.78 is 0. The first-order chi connectivity index (χ1) is 13.0. The van der Waals surface area contributed by atoms with Crippen LogP contribution in [0.1, 0.15) is 11.1 Å². The molecule has 3 rings (SSSR count). The number of aliphatic hydroxyl groups is 1. The summed E-state index contributed by atoms with van der Waals surface area (Å²) in [6, 6.07) is 14.7. The average Bonchev–Trinajstić information content (AvgIpc) is 2.91. The van der Waals surface area contributed by atoms with Crippen LogP contribution in [0.4, 0.5) is 5.69 Å². The molecule has 1 aliphatic heterocycles. The third-order valence-corrected chi connectivity index (χ3v) is 5.07. The lowest BCUT2D eigenvalue weighted by atomic mass is 10.1. The van der Waals surface area contributed by atoms with Crippen LogP contribution in [-0.4, -0.2) is 39.1 Å². The molecule has 2 amide bonds. The van der Waals surface area contributed by atoms with Gasteiger partial charge in [0, 0.05) is 17.9 Å². The maximum Gasteiger partial charge on any atom is 0.269 e. The second kappa shape index (κ2) is 8.15. The van der Waals surface area contributed by atoms with E-state index >= 15 is 0 Å².